The van der Waals surface area contributed by atoms with Crippen LogP contribution in [0.2, 0.25) is 0 Å². The third kappa shape index (κ3) is 2.86. The average molecular weight is 288 g/mol. The summed E-state index contributed by atoms with van der Waals surface area (Å²) in [5, 5.41) is 8.79. The van der Waals surface area contributed by atoms with Gasteiger partial charge >= 0.3 is 0 Å². The lowest BCUT2D eigenvalue weighted by Crippen LogP contribution is -2.03. The molecule has 2 aromatic carbocycles. The third-order valence-electron chi connectivity index (χ3n) is 2.94. The summed E-state index contributed by atoms with van der Waals surface area (Å²) in [6.07, 6.45) is 0. The van der Waals surface area contributed by atoms with Gasteiger partial charge in [-0.1, -0.05) is 18.2 Å². The molecule has 0 saturated heterocycles. The molecule has 1 unspecified atom stereocenters. The molecule has 0 spiro atoms. The van der Waals surface area contributed by atoms with Crippen molar-refractivity contribution in [1.82, 2.24) is 0 Å². The Morgan fingerprint density at radius 1 is 1.35 bits per heavy atom. The van der Waals surface area contributed by atoms with Crippen molar-refractivity contribution in [3.05, 3.63) is 58.9 Å². The van der Waals surface area contributed by atoms with E-state index >= 15 is 0 Å². The van der Waals surface area contributed by atoms with E-state index < -0.39 is 16.6 Å². The molecular weight excluding hydrogens is 275 g/mol. The number of anilines is 1. The molecule has 102 valence electrons. The van der Waals surface area contributed by atoms with Gasteiger partial charge in [-0.25, -0.2) is 4.39 Å². The van der Waals surface area contributed by atoms with E-state index in [1.54, 1.807) is 30.3 Å². The highest BCUT2D eigenvalue weighted by molar-refractivity contribution is 7.84. The topological polar surface area (TPSA) is 66.9 Å². The van der Waals surface area contributed by atoms with E-state index in [1.165, 1.54) is 12.1 Å². The second-order valence-corrected chi connectivity index (χ2v) is 5.82. The number of rotatable bonds is 3. The van der Waals surface area contributed by atoms with E-state index in [-0.39, 0.29) is 16.9 Å². The highest BCUT2D eigenvalue weighted by Crippen LogP contribution is 2.21. The fourth-order valence-electron chi connectivity index (χ4n) is 1.86. The van der Waals surface area contributed by atoms with Gasteiger partial charge in [0.1, 0.15) is 11.9 Å². The molecule has 0 amide bonds. The van der Waals surface area contributed by atoms with Gasteiger partial charge in [-0.05, 0) is 30.7 Å². The number of nitrogens with zero attached hydrogens (tertiary/aromatic N) is 1. The van der Waals surface area contributed by atoms with Crippen LogP contribution in [0, 0.1) is 24.1 Å². The maximum Gasteiger partial charge on any atom is 0.145 e. The largest absolute Gasteiger partial charge is 0.399 e. The third-order valence-corrected chi connectivity index (χ3v) is 4.45. The molecule has 0 fully saturated rings. The highest BCUT2D eigenvalue weighted by atomic mass is 32.2. The standard InChI is InChI=1S/C15H13FN2OS/c1-10-5-6-13(18)7-14(10)20(19)9-12-4-2-3-11(8-17)15(12)16/h2-7H,9,18H2,1H3. The smallest absolute Gasteiger partial charge is 0.145 e. The minimum absolute atomic E-state index is 0.0195. The number of hydrogen-bond acceptors (Lipinski definition) is 3. The van der Waals surface area contributed by atoms with E-state index in [0.717, 1.165) is 5.56 Å². The SMILES string of the molecule is Cc1ccc(N)cc1S(=O)Cc1cccc(C#N)c1F. The number of halogens is 1. The van der Waals surface area contributed by atoms with Crippen molar-refractivity contribution in [2.45, 2.75) is 17.6 Å². The minimum atomic E-state index is -1.41. The fourth-order valence-corrected chi connectivity index (χ4v) is 3.21. The van der Waals surface area contributed by atoms with Gasteiger partial charge in [-0.2, -0.15) is 5.26 Å². The van der Waals surface area contributed by atoms with E-state index in [0.29, 0.717) is 10.6 Å². The molecule has 3 nitrogen and oxygen atoms in total. The predicted octanol–water partition coefficient (Wildman–Crippen LogP) is 2.90. The van der Waals surface area contributed by atoms with Crippen LogP contribution in [0.4, 0.5) is 10.1 Å². The van der Waals surface area contributed by atoms with Crippen molar-refractivity contribution in [3.8, 4) is 6.07 Å². The fraction of sp³-hybridized carbons (Fsp3) is 0.133. The van der Waals surface area contributed by atoms with Crippen molar-refractivity contribution >= 4 is 16.5 Å². The molecule has 0 aliphatic rings. The highest BCUT2D eigenvalue weighted by Gasteiger charge is 2.13. The molecule has 0 aromatic heterocycles. The maximum atomic E-state index is 13.9. The van der Waals surface area contributed by atoms with Crippen LogP contribution in [-0.4, -0.2) is 4.21 Å². The number of benzene rings is 2. The molecule has 5 heteroatoms. The van der Waals surface area contributed by atoms with Gasteiger partial charge in [-0.3, -0.25) is 4.21 Å². The van der Waals surface area contributed by atoms with E-state index in [1.807, 2.05) is 6.92 Å². The van der Waals surface area contributed by atoms with Crippen molar-refractivity contribution in [3.63, 3.8) is 0 Å². The Morgan fingerprint density at radius 2 is 2.10 bits per heavy atom. The summed E-state index contributed by atoms with van der Waals surface area (Å²) in [6.45, 7) is 1.83. The first-order chi connectivity index (χ1) is 9.52. The van der Waals surface area contributed by atoms with Crippen LogP contribution >= 0.6 is 0 Å². The van der Waals surface area contributed by atoms with Crippen molar-refractivity contribution in [1.29, 1.82) is 5.26 Å². The van der Waals surface area contributed by atoms with Gasteiger partial charge in [0.15, 0.2) is 0 Å². The summed E-state index contributed by atoms with van der Waals surface area (Å²) >= 11 is 0. The van der Waals surface area contributed by atoms with Crippen molar-refractivity contribution in [2.75, 3.05) is 5.73 Å². The predicted molar refractivity (Wildman–Crippen MR) is 76.8 cm³/mol. The Morgan fingerprint density at radius 3 is 2.80 bits per heavy atom. The second kappa shape index (κ2) is 5.85. The zero-order chi connectivity index (χ0) is 14.7. The number of hydrogen-bond donors (Lipinski definition) is 1. The number of aryl methyl sites for hydroxylation is 1. The lowest BCUT2D eigenvalue weighted by atomic mass is 10.1. The van der Waals surface area contributed by atoms with Gasteiger partial charge in [0.2, 0.25) is 0 Å². The molecule has 2 rings (SSSR count). The molecule has 2 N–H and O–H groups in total. The first-order valence-electron chi connectivity index (χ1n) is 5.95. The van der Waals surface area contributed by atoms with Gasteiger partial charge in [0.25, 0.3) is 0 Å². The summed E-state index contributed by atoms with van der Waals surface area (Å²) < 4.78 is 26.3. The summed E-state index contributed by atoms with van der Waals surface area (Å²) in [7, 11) is -1.41. The average Bonchev–Trinajstić information content (AvgIpc) is 2.43. The second-order valence-electron chi connectivity index (χ2n) is 4.41. The van der Waals surface area contributed by atoms with E-state index in [4.69, 9.17) is 11.0 Å². The molecule has 0 radical (unpaired) electrons. The zero-order valence-corrected chi connectivity index (χ0v) is 11.7. The number of nitrogens with two attached hydrogens (primary N) is 1. The number of nitrogen functional groups attached to an aromatic ring is 1. The lowest BCUT2D eigenvalue weighted by molar-refractivity contribution is 0.611. The zero-order valence-electron chi connectivity index (χ0n) is 10.9. The van der Waals surface area contributed by atoms with Crippen LogP contribution in [0.25, 0.3) is 0 Å². The maximum absolute atomic E-state index is 13.9. The van der Waals surface area contributed by atoms with Crippen LogP contribution in [0.5, 0.6) is 0 Å². The summed E-state index contributed by atoms with van der Waals surface area (Å²) in [5.41, 5.74) is 7.27. The summed E-state index contributed by atoms with van der Waals surface area (Å²) in [6, 6.07) is 11.4. The number of nitriles is 1. The first-order valence-corrected chi connectivity index (χ1v) is 7.27. The van der Waals surface area contributed by atoms with Crippen LogP contribution in [-0.2, 0) is 16.6 Å². The van der Waals surface area contributed by atoms with Crippen molar-refractivity contribution < 1.29 is 8.60 Å². The molecule has 0 aliphatic carbocycles. The minimum Gasteiger partial charge on any atom is -0.399 e. The Hall–Kier alpha value is -2.19. The van der Waals surface area contributed by atoms with Crippen LogP contribution in [0.1, 0.15) is 16.7 Å². The van der Waals surface area contributed by atoms with E-state index in [2.05, 4.69) is 0 Å². The molecular formula is C15H13FN2OS. The summed E-state index contributed by atoms with van der Waals surface area (Å²) in [5.74, 6) is -0.587. The Labute approximate surface area is 119 Å². The van der Waals surface area contributed by atoms with Gasteiger partial charge in [0.05, 0.1) is 22.1 Å². The molecule has 2 aromatic rings. The Bertz CT molecular complexity index is 722. The summed E-state index contributed by atoms with van der Waals surface area (Å²) in [4.78, 5) is 0.590. The quantitative estimate of drug-likeness (QED) is 0.883. The molecule has 0 saturated carbocycles. The van der Waals surface area contributed by atoms with Gasteiger partial charge in [-0.15, -0.1) is 0 Å². The Balaban J connectivity index is 2.33. The molecule has 0 bridgehead atoms. The molecule has 20 heavy (non-hydrogen) atoms. The van der Waals surface area contributed by atoms with Gasteiger partial charge in [0, 0.05) is 16.1 Å². The van der Waals surface area contributed by atoms with Crippen LogP contribution < -0.4 is 5.73 Å². The molecule has 0 aliphatic heterocycles. The monoisotopic (exact) mass is 288 g/mol. The van der Waals surface area contributed by atoms with Gasteiger partial charge < -0.3 is 5.73 Å². The normalized spacial score (nSPS) is 11.8. The van der Waals surface area contributed by atoms with Crippen LogP contribution in [0.15, 0.2) is 41.3 Å². The molecule has 0 heterocycles. The van der Waals surface area contributed by atoms with Crippen molar-refractivity contribution in [2.24, 2.45) is 0 Å². The molecule has 1 atom stereocenters. The lowest BCUT2D eigenvalue weighted by Gasteiger charge is -2.08. The van der Waals surface area contributed by atoms with E-state index in [9.17, 15) is 8.60 Å². The Kier molecular flexibility index (Phi) is 4.16. The van der Waals surface area contributed by atoms with Crippen LogP contribution in [0.3, 0.4) is 0 Å². The first kappa shape index (κ1) is 14.2.